The van der Waals surface area contributed by atoms with Crippen LogP contribution in [0.2, 0.25) is 0 Å². The molecule has 0 amide bonds. The Bertz CT molecular complexity index is 6.85. The number of hydrogen-bond donors (Lipinski definition) is 0. The number of halogens is 3. The molecule has 0 atom stereocenters. The van der Waals surface area contributed by atoms with Crippen molar-refractivity contribution in [3.63, 3.8) is 0 Å². The van der Waals surface area contributed by atoms with Gasteiger partial charge >= 0.3 is 79.0 Å². The predicted molar refractivity (Wildman–Crippen MR) is 5.75 cm³/mol. The zero-order valence-corrected chi connectivity index (χ0v) is 9.12. The molecule has 0 heterocycles. The molecule has 0 saturated carbocycles. The van der Waals surface area contributed by atoms with Gasteiger partial charge in [0.2, 0.25) is 0 Å². The van der Waals surface area contributed by atoms with E-state index in [1.165, 1.54) is 0 Å². The zero-order chi connectivity index (χ0) is 0. The van der Waals surface area contributed by atoms with Gasteiger partial charge in [-0.25, -0.2) is 0 Å². The summed E-state index contributed by atoms with van der Waals surface area (Å²) in [7, 11) is 0. The largest absolute Gasteiger partial charge is 2.00 e. The third kappa shape index (κ3) is 23.9. The van der Waals surface area contributed by atoms with Gasteiger partial charge in [0.1, 0.15) is 0 Å². The predicted octanol–water partition coefficient (Wildman–Crippen LogP) is -12.4. The summed E-state index contributed by atoms with van der Waals surface area (Å²) in [6.45, 7) is 0. The Kier molecular flexibility index (Phi) is 468. The van der Waals surface area contributed by atoms with Gasteiger partial charge in [-0.2, -0.15) is 0 Å². The minimum absolute atomic E-state index is 0. The van der Waals surface area contributed by atoms with E-state index in [1.807, 2.05) is 0 Å². The standard InChI is InChI=1S/Be.Cs.3FH/h;;3*1H/q+2;+1;;;/p-3. The molecule has 0 aliphatic carbocycles. The molecule has 5 heavy (non-hydrogen) atoms. The monoisotopic (exact) mass is 199 g/mol. The van der Waals surface area contributed by atoms with Gasteiger partial charge in [-0.1, -0.05) is 0 Å². The first-order chi connectivity index (χ1) is 0. The summed E-state index contributed by atoms with van der Waals surface area (Å²) < 4.78 is 0. The smallest absolute Gasteiger partial charge is 1.00 e. The summed E-state index contributed by atoms with van der Waals surface area (Å²) in [5.41, 5.74) is 0. The van der Waals surface area contributed by atoms with Crippen LogP contribution in [0.1, 0.15) is 0 Å². The Morgan fingerprint density at radius 1 is 0.600 bits per heavy atom. The van der Waals surface area contributed by atoms with Crippen LogP contribution in [0.4, 0.5) is 0 Å². The molecule has 0 radical (unpaired) electrons. The second kappa shape index (κ2) is 37.3. The van der Waals surface area contributed by atoms with Crippen LogP contribution in [-0.4, -0.2) is 10.1 Å². The van der Waals surface area contributed by atoms with E-state index in [1.54, 1.807) is 0 Å². The van der Waals surface area contributed by atoms with Gasteiger partial charge in [0, 0.05) is 0 Å². The van der Waals surface area contributed by atoms with E-state index >= 15 is 0 Å². The van der Waals surface area contributed by atoms with Crippen LogP contribution in [0.5, 0.6) is 0 Å². The molecule has 0 rings (SSSR count). The van der Waals surface area contributed by atoms with Crippen LogP contribution in [0.25, 0.3) is 0 Å². The molecule has 0 N–H and O–H groups in total. The van der Waals surface area contributed by atoms with Crippen molar-refractivity contribution in [1.82, 2.24) is 0 Å². The van der Waals surface area contributed by atoms with Crippen molar-refractivity contribution >= 4 is 10.1 Å². The van der Waals surface area contributed by atoms with E-state index in [2.05, 4.69) is 0 Å². The van der Waals surface area contributed by atoms with Gasteiger partial charge in [0.25, 0.3) is 0 Å². The van der Waals surface area contributed by atoms with Crippen molar-refractivity contribution in [3.8, 4) is 0 Å². The van der Waals surface area contributed by atoms with E-state index < -0.39 is 0 Å². The first-order valence-corrected chi connectivity index (χ1v) is 0. The average Bonchev–Trinajstić information content (AvgIpc) is 0. The van der Waals surface area contributed by atoms with Crippen molar-refractivity contribution < 1.29 is 83.0 Å². The maximum atomic E-state index is 0. The van der Waals surface area contributed by atoms with Crippen LogP contribution in [-0.2, 0) is 0 Å². The fourth-order valence-electron chi connectivity index (χ4n) is 0. The van der Waals surface area contributed by atoms with Gasteiger partial charge in [0.05, 0.1) is 0 Å². The Morgan fingerprint density at radius 3 is 0.600 bits per heavy atom. The average molecular weight is 199 g/mol. The molecular weight excluding hydrogens is 199 g/mol. The fourth-order valence-corrected chi connectivity index (χ4v) is 0. The van der Waals surface area contributed by atoms with E-state index in [0.717, 1.165) is 0 Å². The van der Waals surface area contributed by atoms with E-state index in [9.17, 15) is 0 Å². The van der Waals surface area contributed by atoms with Crippen LogP contribution in [0, 0.1) is 0 Å². The Morgan fingerprint density at radius 2 is 0.600 bits per heavy atom. The summed E-state index contributed by atoms with van der Waals surface area (Å²) in [5.74, 6) is 0. The van der Waals surface area contributed by atoms with Gasteiger partial charge < -0.3 is 14.1 Å². The zero-order valence-electron chi connectivity index (χ0n) is 2.84. The third-order valence-electron chi connectivity index (χ3n) is 0. The molecule has 0 nitrogen and oxygen atoms in total. The molecule has 0 spiro atoms. The van der Waals surface area contributed by atoms with Crippen molar-refractivity contribution in [2.45, 2.75) is 0 Å². The van der Waals surface area contributed by atoms with E-state index in [4.69, 9.17) is 0 Å². The van der Waals surface area contributed by atoms with Crippen molar-refractivity contribution in [1.29, 1.82) is 0 Å². The summed E-state index contributed by atoms with van der Waals surface area (Å²) >= 11 is 0. The van der Waals surface area contributed by atoms with Crippen LogP contribution in [0.3, 0.4) is 0 Å². The Hall–Kier alpha value is 2.01. The Labute approximate surface area is 90.8 Å². The summed E-state index contributed by atoms with van der Waals surface area (Å²) in [5, 5.41) is 0. The van der Waals surface area contributed by atoms with Crippen LogP contribution in [0.15, 0.2) is 0 Å². The molecule has 0 aromatic heterocycles. The molecule has 0 bridgehead atoms. The minimum atomic E-state index is 0. The van der Waals surface area contributed by atoms with Gasteiger partial charge in [-0.05, 0) is 0 Å². The second-order valence-electron chi connectivity index (χ2n) is 0. The molecule has 24 valence electrons. The molecule has 0 aromatic rings. The van der Waals surface area contributed by atoms with E-state index in [-0.39, 0.29) is 93.1 Å². The maximum Gasteiger partial charge on any atom is 2.00 e. The molecule has 0 aliphatic rings. The van der Waals surface area contributed by atoms with Crippen LogP contribution < -0.4 is 83.0 Å². The third-order valence-corrected chi connectivity index (χ3v) is 0. The summed E-state index contributed by atoms with van der Waals surface area (Å²) in [6.07, 6.45) is 0. The first-order valence-electron chi connectivity index (χ1n) is 0. The first kappa shape index (κ1) is 62.6. The maximum absolute atomic E-state index is 0. The topological polar surface area (TPSA) is 0 Å². The second-order valence-corrected chi connectivity index (χ2v) is 0. The van der Waals surface area contributed by atoms with Crippen LogP contribution >= 0.6 is 0 Å². The van der Waals surface area contributed by atoms with Crippen molar-refractivity contribution in [2.24, 2.45) is 0 Å². The van der Waals surface area contributed by atoms with E-state index in [0.29, 0.717) is 0 Å². The number of rotatable bonds is 0. The Balaban J connectivity index is 0. The molecule has 0 unspecified atom stereocenters. The van der Waals surface area contributed by atoms with Crippen molar-refractivity contribution in [2.75, 3.05) is 0 Å². The molecule has 0 saturated heterocycles. The summed E-state index contributed by atoms with van der Waals surface area (Å²) in [4.78, 5) is 0. The molecule has 0 aliphatic heterocycles. The van der Waals surface area contributed by atoms with Gasteiger partial charge in [-0.15, -0.1) is 0 Å². The molecule has 5 heteroatoms. The van der Waals surface area contributed by atoms with Gasteiger partial charge in [-0.3, -0.25) is 0 Å². The SMILES string of the molecule is [Be+2].[Cs+].[F-].[F-].[F-]. The molecular formula is BeCsF3. The van der Waals surface area contributed by atoms with Crippen molar-refractivity contribution in [3.05, 3.63) is 0 Å². The fraction of sp³-hybridized carbons (Fsp3) is 0. The normalized spacial score (nSPS) is 0. The van der Waals surface area contributed by atoms with Gasteiger partial charge in [0.15, 0.2) is 0 Å². The summed E-state index contributed by atoms with van der Waals surface area (Å²) in [6, 6.07) is 0. The number of hydrogen-bond acceptors (Lipinski definition) is 0. The minimum Gasteiger partial charge on any atom is -1.00 e. The molecule has 0 aromatic carbocycles. The molecule has 0 fully saturated rings. The quantitative estimate of drug-likeness (QED) is 0.340.